The van der Waals surface area contributed by atoms with Gasteiger partial charge in [0.15, 0.2) is 0 Å². The van der Waals surface area contributed by atoms with Crippen LogP contribution in [0.5, 0.6) is 0 Å². The minimum absolute atomic E-state index is 0.762. The molecule has 1 saturated carbocycles. The smallest absolute Gasteiger partial charge is 0.00775 e. The lowest BCUT2D eigenvalue weighted by Gasteiger charge is -2.35. The third-order valence-electron chi connectivity index (χ3n) is 3.91. The second kappa shape index (κ2) is 9.21. The van der Waals surface area contributed by atoms with Crippen molar-refractivity contribution in [3.05, 3.63) is 0 Å². The van der Waals surface area contributed by atoms with Crippen molar-refractivity contribution >= 4 is 0 Å². The van der Waals surface area contributed by atoms with E-state index in [0.29, 0.717) is 0 Å². The molecule has 1 fully saturated rings. The number of hydrogen-bond donors (Lipinski definition) is 1. The second-order valence-corrected chi connectivity index (χ2v) is 4.72. The van der Waals surface area contributed by atoms with E-state index in [1.54, 1.807) is 0 Å². The van der Waals surface area contributed by atoms with E-state index in [2.05, 4.69) is 33.0 Å². The molecule has 0 aromatic carbocycles. The van der Waals surface area contributed by atoms with Crippen LogP contribution in [0, 0.1) is 5.41 Å². The molecule has 1 aliphatic carbocycles. The molecule has 0 aromatic rings. The zero-order valence-corrected chi connectivity index (χ0v) is 11.4. The van der Waals surface area contributed by atoms with E-state index in [4.69, 9.17) is 0 Å². The van der Waals surface area contributed by atoms with Crippen LogP contribution in [-0.2, 0) is 0 Å². The van der Waals surface area contributed by atoms with Gasteiger partial charge in [0.2, 0.25) is 0 Å². The van der Waals surface area contributed by atoms with Crippen LogP contribution in [0.4, 0.5) is 0 Å². The van der Waals surface area contributed by atoms with Gasteiger partial charge >= 0.3 is 0 Å². The summed E-state index contributed by atoms with van der Waals surface area (Å²) in [6, 6.07) is 0. The molecule has 92 valence electrons. The molecule has 0 heterocycles. The van der Waals surface area contributed by atoms with Crippen molar-refractivity contribution in [2.24, 2.45) is 5.41 Å². The van der Waals surface area contributed by atoms with E-state index < -0.39 is 0 Å². The van der Waals surface area contributed by atoms with Crippen molar-refractivity contribution < 1.29 is 0 Å². The Morgan fingerprint density at radius 1 is 0.800 bits per heavy atom. The maximum atomic E-state index is 3.11. The zero-order chi connectivity index (χ0) is 11.6. The molecule has 0 amide bonds. The van der Waals surface area contributed by atoms with E-state index in [1.807, 2.05) is 0 Å². The van der Waals surface area contributed by atoms with Crippen molar-refractivity contribution in [2.75, 3.05) is 13.1 Å². The van der Waals surface area contributed by atoms with Gasteiger partial charge in [-0.15, -0.1) is 0 Å². The molecule has 15 heavy (non-hydrogen) atoms. The Morgan fingerprint density at radius 2 is 1.27 bits per heavy atom. The van der Waals surface area contributed by atoms with Crippen LogP contribution >= 0.6 is 0 Å². The minimum Gasteiger partial charge on any atom is -0.317 e. The van der Waals surface area contributed by atoms with Gasteiger partial charge in [0, 0.05) is 0 Å². The number of hydrogen-bond acceptors (Lipinski definition) is 1. The molecule has 1 N–H and O–H groups in total. The van der Waals surface area contributed by atoms with Gasteiger partial charge in [-0.25, -0.2) is 0 Å². The van der Waals surface area contributed by atoms with Crippen molar-refractivity contribution in [3.8, 4) is 0 Å². The molecule has 0 unspecified atom stereocenters. The molecule has 0 spiro atoms. The van der Waals surface area contributed by atoms with Crippen molar-refractivity contribution in [1.82, 2.24) is 5.32 Å². The molecular formula is C14H31N. The predicted octanol–water partition coefficient (Wildman–Crippen LogP) is 4.37. The topological polar surface area (TPSA) is 12.0 Å². The molecule has 1 heteroatoms. The summed E-state index contributed by atoms with van der Waals surface area (Å²) in [5.41, 5.74) is 0.762. The van der Waals surface area contributed by atoms with Crippen LogP contribution in [-0.4, -0.2) is 13.1 Å². The summed E-state index contributed by atoms with van der Waals surface area (Å²) in [6.45, 7) is 11.1. The van der Waals surface area contributed by atoms with Gasteiger partial charge in [0.25, 0.3) is 0 Å². The lowest BCUT2D eigenvalue weighted by Crippen LogP contribution is -2.21. The molecular weight excluding hydrogens is 182 g/mol. The summed E-state index contributed by atoms with van der Waals surface area (Å²) < 4.78 is 0. The van der Waals surface area contributed by atoms with Gasteiger partial charge in [0.05, 0.1) is 0 Å². The van der Waals surface area contributed by atoms with Gasteiger partial charge in [-0.2, -0.15) is 0 Å². The summed E-state index contributed by atoms with van der Waals surface area (Å²) in [6.07, 6.45) is 10.3. The average molecular weight is 213 g/mol. The first-order valence-corrected chi connectivity index (χ1v) is 6.95. The van der Waals surface area contributed by atoms with Crippen LogP contribution < -0.4 is 5.32 Å². The van der Waals surface area contributed by atoms with Crippen molar-refractivity contribution in [3.63, 3.8) is 0 Å². The summed E-state index contributed by atoms with van der Waals surface area (Å²) in [5.74, 6) is 0. The summed E-state index contributed by atoms with van der Waals surface area (Å²) in [7, 11) is 0. The first-order chi connectivity index (χ1) is 7.24. The van der Waals surface area contributed by atoms with Crippen LogP contribution in [0.2, 0.25) is 0 Å². The lowest BCUT2D eigenvalue weighted by atomic mass is 9.71. The SMILES string of the molecule is CCC1(CC)CCCCC1.CCNCC. The second-order valence-electron chi connectivity index (χ2n) is 4.72. The molecule has 1 rings (SSSR count). The van der Waals surface area contributed by atoms with E-state index in [1.165, 1.54) is 44.9 Å². The van der Waals surface area contributed by atoms with Gasteiger partial charge in [-0.3, -0.25) is 0 Å². The highest BCUT2D eigenvalue weighted by Crippen LogP contribution is 2.41. The maximum absolute atomic E-state index is 3.11. The third-order valence-corrected chi connectivity index (χ3v) is 3.91. The Labute approximate surface area is 97.0 Å². The van der Waals surface area contributed by atoms with Crippen molar-refractivity contribution in [1.29, 1.82) is 0 Å². The highest BCUT2D eigenvalue weighted by atomic mass is 14.8. The van der Waals surface area contributed by atoms with Gasteiger partial charge in [-0.05, 0) is 31.3 Å². The van der Waals surface area contributed by atoms with Gasteiger partial charge < -0.3 is 5.32 Å². The van der Waals surface area contributed by atoms with Crippen LogP contribution in [0.15, 0.2) is 0 Å². The Morgan fingerprint density at radius 3 is 1.47 bits per heavy atom. The average Bonchev–Trinajstić information content (AvgIpc) is 2.32. The fourth-order valence-corrected chi connectivity index (χ4v) is 2.51. The summed E-state index contributed by atoms with van der Waals surface area (Å²) >= 11 is 0. The molecule has 1 nitrogen and oxygen atoms in total. The largest absolute Gasteiger partial charge is 0.317 e. The monoisotopic (exact) mass is 213 g/mol. The Balaban J connectivity index is 0.000000336. The highest BCUT2D eigenvalue weighted by Gasteiger charge is 2.27. The first kappa shape index (κ1) is 15.0. The molecule has 0 radical (unpaired) electrons. The lowest BCUT2D eigenvalue weighted by molar-refractivity contribution is 0.173. The molecule has 0 aromatic heterocycles. The Bertz CT molecular complexity index is 117. The standard InChI is InChI=1S/C10H20.C4H11N/c1-3-10(4-2)8-6-5-7-9-10;1-3-5-4-2/h3-9H2,1-2H3;5H,3-4H2,1-2H3. The van der Waals surface area contributed by atoms with E-state index in [-0.39, 0.29) is 0 Å². The molecule has 0 saturated heterocycles. The summed E-state index contributed by atoms with van der Waals surface area (Å²) in [4.78, 5) is 0. The maximum Gasteiger partial charge on any atom is -0.00775 e. The van der Waals surface area contributed by atoms with Crippen LogP contribution in [0.1, 0.15) is 72.6 Å². The molecule has 0 bridgehead atoms. The van der Waals surface area contributed by atoms with E-state index >= 15 is 0 Å². The molecule has 1 aliphatic rings. The minimum atomic E-state index is 0.762. The van der Waals surface area contributed by atoms with E-state index in [0.717, 1.165) is 18.5 Å². The predicted molar refractivity (Wildman–Crippen MR) is 70.3 cm³/mol. The fourth-order valence-electron chi connectivity index (χ4n) is 2.51. The van der Waals surface area contributed by atoms with Gasteiger partial charge in [0.1, 0.15) is 0 Å². The fraction of sp³-hybridized carbons (Fsp3) is 1.00. The summed E-state index contributed by atoms with van der Waals surface area (Å²) in [5, 5.41) is 3.11. The number of rotatable bonds is 4. The van der Waals surface area contributed by atoms with Crippen LogP contribution in [0.25, 0.3) is 0 Å². The normalized spacial score (nSPS) is 19.2. The van der Waals surface area contributed by atoms with Crippen LogP contribution in [0.3, 0.4) is 0 Å². The highest BCUT2D eigenvalue weighted by molar-refractivity contribution is 4.79. The third kappa shape index (κ3) is 6.19. The van der Waals surface area contributed by atoms with Gasteiger partial charge in [-0.1, -0.05) is 59.8 Å². The quantitative estimate of drug-likeness (QED) is 0.731. The Hall–Kier alpha value is -0.0400. The van der Waals surface area contributed by atoms with Crippen molar-refractivity contribution in [2.45, 2.75) is 72.6 Å². The molecule has 0 atom stereocenters. The Kier molecular flexibility index (Phi) is 9.18. The van der Waals surface area contributed by atoms with E-state index in [9.17, 15) is 0 Å². The first-order valence-electron chi connectivity index (χ1n) is 6.95. The number of nitrogens with one attached hydrogen (secondary N) is 1. The molecule has 0 aliphatic heterocycles. The zero-order valence-electron chi connectivity index (χ0n) is 11.4.